The summed E-state index contributed by atoms with van der Waals surface area (Å²) in [5.74, 6) is 1.29. The van der Waals surface area contributed by atoms with Crippen LogP contribution in [0.3, 0.4) is 0 Å². The summed E-state index contributed by atoms with van der Waals surface area (Å²) in [5.41, 5.74) is 0. The first-order valence-electron chi connectivity index (χ1n) is 7.25. The third-order valence-electron chi connectivity index (χ3n) is 3.34. The number of rotatable bonds is 9. The Labute approximate surface area is 117 Å². The van der Waals surface area contributed by atoms with Crippen LogP contribution in [0.5, 0.6) is 0 Å². The normalized spacial score (nSPS) is 11.2. The number of hydrogen-bond donors (Lipinski definition) is 1. The Kier molecular flexibility index (Phi) is 7.08. The lowest BCUT2D eigenvalue weighted by Crippen LogP contribution is -2.34. The summed E-state index contributed by atoms with van der Waals surface area (Å²) in [5, 5.41) is 3.35. The number of imidazole rings is 1. The number of aryl methyl sites for hydroxylation is 2. The summed E-state index contributed by atoms with van der Waals surface area (Å²) >= 11 is 0. The Morgan fingerprint density at radius 1 is 1.37 bits per heavy atom. The van der Waals surface area contributed by atoms with Crippen molar-refractivity contribution >= 4 is 0 Å². The van der Waals surface area contributed by atoms with E-state index in [9.17, 15) is 0 Å². The second-order valence-corrected chi connectivity index (χ2v) is 5.18. The number of nitrogens with one attached hydrogen (secondary N) is 1. The molecule has 1 aromatic heterocycles. The quantitative estimate of drug-likeness (QED) is 0.545. The second-order valence-electron chi connectivity index (χ2n) is 5.18. The van der Waals surface area contributed by atoms with E-state index in [1.54, 1.807) is 0 Å². The first-order chi connectivity index (χ1) is 9.15. The topological polar surface area (TPSA) is 24.1 Å². The molecule has 0 aliphatic carbocycles. The molecule has 0 atom stereocenters. The standard InChI is InChI=1S/C15H29N4/c1-5-6-7-8-9-16-10-11-17(2)14-15-18(3)12-13-19(15)4/h10-13,16H,5-9,14H2,1-4H3/q+1/b11-10-. The predicted octanol–water partition coefficient (Wildman–Crippen LogP) is 1.92. The largest absolute Gasteiger partial charge is 0.390 e. The van der Waals surface area contributed by atoms with E-state index in [1.165, 1.54) is 31.5 Å². The molecule has 0 unspecified atom stereocenters. The van der Waals surface area contributed by atoms with Crippen molar-refractivity contribution in [3.63, 3.8) is 0 Å². The van der Waals surface area contributed by atoms with Crippen LogP contribution in [0.2, 0.25) is 0 Å². The zero-order chi connectivity index (χ0) is 14.1. The molecule has 0 spiro atoms. The van der Waals surface area contributed by atoms with Gasteiger partial charge in [0.2, 0.25) is 0 Å². The molecule has 1 aromatic rings. The Hall–Kier alpha value is -1.45. The van der Waals surface area contributed by atoms with Crippen molar-refractivity contribution < 1.29 is 4.57 Å². The highest BCUT2D eigenvalue weighted by Gasteiger charge is 2.11. The molecule has 108 valence electrons. The first kappa shape index (κ1) is 15.6. The van der Waals surface area contributed by atoms with Crippen molar-refractivity contribution in [3.8, 4) is 0 Å². The van der Waals surface area contributed by atoms with Gasteiger partial charge >= 0.3 is 0 Å². The van der Waals surface area contributed by atoms with E-state index in [4.69, 9.17) is 0 Å². The van der Waals surface area contributed by atoms with Crippen molar-refractivity contribution in [3.05, 3.63) is 30.6 Å². The fourth-order valence-corrected chi connectivity index (χ4v) is 2.04. The molecule has 0 saturated carbocycles. The summed E-state index contributed by atoms with van der Waals surface area (Å²) in [6, 6.07) is 0. The molecule has 1 heterocycles. The molecule has 0 bridgehead atoms. The van der Waals surface area contributed by atoms with Gasteiger partial charge in [0.25, 0.3) is 5.82 Å². The van der Waals surface area contributed by atoms with E-state index in [1.807, 2.05) is 0 Å². The molecule has 0 aromatic carbocycles. The maximum absolute atomic E-state index is 3.35. The minimum absolute atomic E-state index is 0.911. The van der Waals surface area contributed by atoms with Gasteiger partial charge in [0.1, 0.15) is 18.9 Å². The van der Waals surface area contributed by atoms with Crippen LogP contribution in [0.1, 0.15) is 38.4 Å². The van der Waals surface area contributed by atoms with Crippen LogP contribution < -0.4 is 9.88 Å². The van der Waals surface area contributed by atoms with Gasteiger partial charge in [-0.3, -0.25) is 0 Å². The smallest absolute Gasteiger partial charge is 0.275 e. The van der Waals surface area contributed by atoms with Crippen LogP contribution in [-0.4, -0.2) is 23.1 Å². The maximum Gasteiger partial charge on any atom is 0.275 e. The summed E-state index contributed by atoms with van der Waals surface area (Å²) < 4.78 is 4.31. The number of unbranched alkanes of at least 4 members (excludes halogenated alkanes) is 3. The van der Waals surface area contributed by atoms with Crippen LogP contribution in [0.4, 0.5) is 0 Å². The number of hydrogen-bond acceptors (Lipinski definition) is 2. The van der Waals surface area contributed by atoms with Gasteiger partial charge in [0, 0.05) is 26.0 Å². The number of aromatic nitrogens is 2. The Bertz CT molecular complexity index is 362. The van der Waals surface area contributed by atoms with Gasteiger partial charge in [-0.05, 0) is 6.42 Å². The molecular formula is C15H29N4+. The molecule has 19 heavy (non-hydrogen) atoms. The lowest BCUT2D eigenvalue weighted by Gasteiger charge is -2.11. The molecule has 0 amide bonds. The average molecular weight is 265 g/mol. The van der Waals surface area contributed by atoms with Gasteiger partial charge in [0.05, 0.1) is 14.1 Å². The third-order valence-corrected chi connectivity index (χ3v) is 3.34. The van der Waals surface area contributed by atoms with Crippen LogP contribution in [0.15, 0.2) is 24.8 Å². The van der Waals surface area contributed by atoms with Gasteiger partial charge in [-0.1, -0.05) is 26.2 Å². The fraction of sp³-hybridized carbons (Fsp3) is 0.667. The first-order valence-corrected chi connectivity index (χ1v) is 7.25. The lowest BCUT2D eigenvalue weighted by atomic mass is 10.2. The summed E-state index contributed by atoms with van der Waals surface area (Å²) in [6.45, 7) is 4.22. The predicted molar refractivity (Wildman–Crippen MR) is 79.3 cm³/mol. The highest BCUT2D eigenvalue weighted by atomic mass is 15.2. The van der Waals surface area contributed by atoms with E-state index in [-0.39, 0.29) is 0 Å². The summed E-state index contributed by atoms with van der Waals surface area (Å²) in [4.78, 5) is 2.19. The van der Waals surface area contributed by atoms with E-state index in [0.29, 0.717) is 0 Å². The van der Waals surface area contributed by atoms with Crippen LogP contribution in [0.25, 0.3) is 0 Å². The van der Waals surface area contributed by atoms with Gasteiger partial charge in [-0.2, -0.15) is 0 Å². The van der Waals surface area contributed by atoms with Crippen LogP contribution >= 0.6 is 0 Å². The molecule has 1 rings (SSSR count). The minimum Gasteiger partial charge on any atom is -0.390 e. The number of nitrogens with zero attached hydrogens (tertiary/aromatic N) is 3. The average Bonchev–Trinajstić information content (AvgIpc) is 2.69. The zero-order valence-electron chi connectivity index (χ0n) is 12.9. The highest BCUT2D eigenvalue weighted by molar-refractivity contribution is 4.86. The molecule has 0 radical (unpaired) electrons. The van der Waals surface area contributed by atoms with E-state index < -0.39 is 0 Å². The van der Waals surface area contributed by atoms with E-state index >= 15 is 0 Å². The van der Waals surface area contributed by atoms with Crippen molar-refractivity contribution in [2.75, 3.05) is 13.6 Å². The lowest BCUT2D eigenvalue weighted by molar-refractivity contribution is -0.679. The van der Waals surface area contributed by atoms with Crippen LogP contribution in [-0.2, 0) is 20.6 Å². The van der Waals surface area contributed by atoms with Crippen molar-refractivity contribution in [2.45, 2.75) is 39.2 Å². The maximum atomic E-state index is 3.35. The summed E-state index contributed by atoms with van der Waals surface area (Å²) in [6.07, 6.45) is 13.5. The third kappa shape index (κ3) is 5.81. The molecule has 0 saturated heterocycles. The van der Waals surface area contributed by atoms with Gasteiger partial charge in [-0.15, -0.1) is 0 Å². The molecule has 0 aliphatic rings. The Morgan fingerprint density at radius 3 is 2.79 bits per heavy atom. The fourth-order valence-electron chi connectivity index (χ4n) is 2.04. The second kappa shape index (κ2) is 8.62. The minimum atomic E-state index is 0.911. The van der Waals surface area contributed by atoms with Gasteiger partial charge < -0.3 is 10.2 Å². The van der Waals surface area contributed by atoms with Crippen molar-refractivity contribution in [1.82, 2.24) is 14.8 Å². The van der Waals surface area contributed by atoms with Gasteiger partial charge in [-0.25, -0.2) is 9.13 Å². The van der Waals surface area contributed by atoms with Crippen molar-refractivity contribution in [2.24, 2.45) is 14.1 Å². The molecule has 1 N–H and O–H groups in total. The van der Waals surface area contributed by atoms with Gasteiger partial charge in [0.15, 0.2) is 0 Å². The summed E-state index contributed by atoms with van der Waals surface area (Å²) in [7, 11) is 6.26. The zero-order valence-corrected chi connectivity index (χ0v) is 12.9. The SMILES string of the molecule is CCCCCCN/C=C\N(C)Cc1n(C)cc[n+]1C. The highest BCUT2D eigenvalue weighted by Crippen LogP contribution is 1.98. The van der Waals surface area contributed by atoms with Crippen LogP contribution in [0, 0.1) is 0 Å². The van der Waals surface area contributed by atoms with E-state index in [0.717, 1.165) is 13.1 Å². The molecular weight excluding hydrogens is 236 g/mol. The molecule has 0 fully saturated rings. The molecule has 4 heteroatoms. The van der Waals surface area contributed by atoms with E-state index in [2.05, 4.69) is 72.2 Å². The monoisotopic (exact) mass is 265 g/mol. The Balaban J connectivity index is 2.22. The molecule has 0 aliphatic heterocycles. The Morgan fingerprint density at radius 2 is 2.16 bits per heavy atom. The molecule has 4 nitrogen and oxygen atoms in total. The van der Waals surface area contributed by atoms with Crippen molar-refractivity contribution in [1.29, 1.82) is 0 Å².